The Kier molecular flexibility index (Phi) is 2.52. The molecule has 0 saturated carbocycles. The van der Waals surface area contributed by atoms with Crippen molar-refractivity contribution in [3.05, 3.63) is 47.9 Å². The van der Waals surface area contributed by atoms with Crippen LogP contribution >= 0.6 is 0 Å². The minimum atomic E-state index is -0.520. The molecule has 78 valence electrons. The van der Waals surface area contributed by atoms with Crippen molar-refractivity contribution < 1.29 is 4.39 Å². The molecule has 0 aliphatic heterocycles. The van der Waals surface area contributed by atoms with Crippen LogP contribution in [-0.2, 0) is 0 Å². The molecular weight excluding hydrogens is 205 g/mol. The van der Waals surface area contributed by atoms with Gasteiger partial charge in [0.25, 0.3) is 0 Å². The molecule has 0 aliphatic carbocycles. The highest BCUT2D eigenvalue weighted by molar-refractivity contribution is 5.67. The number of halogens is 1. The quantitative estimate of drug-likeness (QED) is 0.790. The maximum absolute atomic E-state index is 13.1. The molecule has 1 heterocycles. The number of hydrogen-bond acceptors (Lipinski definition) is 3. The standard InChI is InChI=1S/C12H8FN3/c13-11-2-1-8(5-10(11)7-14)9-3-4-16-12(15)6-9/h1-6H,(H2,15,16). The third-order valence-corrected chi connectivity index (χ3v) is 2.20. The first-order valence-electron chi connectivity index (χ1n) is 4.62. The van der Waals surface area contributed by atoms with Crippen molar-refractivity contribution in [2.45, 2.75) is 0 Å². The van der Waals surface area contributed by atoms with Crippen LogP contribution in [0.1, 0.15) is 5.56 Å². The number of rotatable bonds is 1. The van der Waals surface area contributed by atoms with Gasteiger partial charge in [-0.05, 0) is 35.4 Å². The number of nitrogens with two attached hydrogens (primary N) is 1. The van der Waals surface area contributed by atoms with Crippen LogP contribution in [0.5, 0.6) is 0 Å². The highest BCUT2D eigenvalue weighted by Gasteiger charge is 2.04. The summed E-state index contributed by atoms with van der Waals surface area (Å²) in [6, 6.07) is 9.59. The highest BCUT2D eigenvalue weighted by Crippen LogP contribution is 2.22. The zero-order chi connectivity index (χ0) is 11.5. The molecule has 2 rings (SSSR count). The molecule has 0 aliphatic rings. The first kappa shape index (κ1) is 10.1. The molecule has 0 atom stereocenters. The number of aromatic nitrogens is 1. The van der Waals surface area contributed by atoms with Gasteiger partial charge in [0, 0.05) is 6.20 Å². The Morgan fingerprint density at radius 3 is 2.62 bits per heavy atom. The topological polar surface area (TPSA) is 62.7 Å². The Morgan fingerprint density at radius 2 is 1.94 bits per heavy atom. The molecule has 0 fully saturated rings. The van der Waals surface area contributed by atoms with Crippen LogP contribution in [0.2, 0.25) is 0 Å². The van der Waals surface area contributed by atoms with Crippen molar-refractivity contribution in [1.82, 2.24) is 4.98 Å². The Balaban J connectivity index is 2.54. The second-order valence-corrected chi connectivity index (χ2v) is 3.28. The van der Waals surface area contributed by atoms with Gasteiger partial charge in [0.15, 0.2) is 0 Å². The second kappa shape index (κ2) is 3.99. The molecule has 4 heteroatoms. The number of nitrogens with zero attached hydrogens (tertiary/aromatic N) is 2. The molecule has 0 saturated heterocycles. The van der Waals surface area contributed by atoms with Gasteiger partial charge >= 0.3 is 0 Å². The van der Waals surface area contributed by atoms with E-state index in [4.69, 9.17) is 11.0 Å². The Bertz CT molecular complexity index is 573. The number of benzene rings is 1. The molecule has 0 radical (unpaired) electrons. The third-order valence-electron chi connectivity index (χ3n) is 2.20. The van der Waals surface area contributed by atoms with Gasteiger partial charge in [-0.1, -0.05) is 6.07 Å². The molecule has 16 heavy (non-hydrogen) atoms. The van der Waals surface area contributed by atoms with Crippen molar-refractivity contribution >= 4 is 5.82 Å². The van der Waals surface area contributed by atoms with Crippen LogP contribution in [0.4, 0.5) is 10.2 Å². The van der Waals surface area contributed by atoms with Crippen LogP contribution in [0, 0.1) is 17.1 Å². The van der Waals surface area contributed by atoms with Crippen molar-refractivity contribution in [2.24, 2.45) is 0 Å². The third kappa shape index (κ3) is 1.84. The summed E-state index contributed by atoms with van der Waals surface area (Å²) in [5.41, 5.74) is 7.12. The van der Waals surface area contributed by atoms with Crippen molar-refractivity contribution in [1.29, 1.82) is 5.26 Å². The number of hydrogen-bond donors (Lipinski definition) is 1. The summed E-state index contributed by atoms with van der Waals surface area (Å²) in [5.74, 6) is -0.131. The summed E-state index contributed by atoms with van der Waals surface area (Å²) >= 11 is 0. The summed E-state index contributed by atoms with van der Waals surface area (Å²) in [4.78, 5) is 3.86. The van der Waals surface area contributed by atoms with Gasteiger partial charge in [-0.2, -0.15) is 5.26 Å². The maximum Gasteiger partial charge on any atom is 0.140 e. The van der Waals surface area contributed by atoms with E-state index in [1.807, 2.05) is 0 Å². The number of anilines is 1. The van der Waals surface area contributed by atoms with Gasteiger partial charge in [0.05, 0.1) is 5.56 Å². The molecule has 1 aromatic heterocycles. The lowest BCUT2D eigenvalue weighted by Gasteiger charge is -2.03. The fraction of sp³-hybridized carbons (Fsp3) is 0. The first-order chi connectivity index (χ1) is 7.70. The molecular formula is C12H8FN3. The zero-order valence-electron chi connectivity index (χ0n) is 8.31. The summed E-state index contributed by atoms with van der Waals surface area (Å²) in [6.45, 7) is 0. The summed E-state index contributed by atoms with van der Waals surface area (Å²) in [5, 5.41) is 8.72. The van der Waals surface area contributed by atoms with Gasteiger partial charge in [0.1, 0.15) is 17.7 Å². The van der Waals surface area contributed by atoms with Crippen molar-refractivity contribution in [2.75, 3.05) is 5.73 Å². The van der Waals surface area contributed by atoms with Crippen molar-refractivity contribution in [3.8, 4) is 17.2 Å². The average Bonchev–Trinajstić information content (AvgIpc) is 2.29. The number of nitriles is 1. The fourth-order valence-electron chi connectivity index (χ4n) is 1.42. The van der Waals surface area contributed by atoms with Crippen LogP contribution < -0.4 is 5.73 Å². The second-order valence-electron chi connectivity index (χ2n) is 3.28. The lowest BCUT2D eigenvalue weighted by atomic mass is 10.0. The van der Waals surface area contributed by atoms with E-state index < -0.39 is 5.82 Å². The minimum Gasteiger partial charge on any atom is -0.384 e. The molecule has 2 N–H and O–H groups in total. The first-order valence-corrected chi connectivity index (χ1v) is 4.62. The van der Waals surface area contributed by atoms with E-state index in [-0.39, 0.29) is 5.56 Å². The highest BCUT2D eigenvalue weighted by atomic mass is 19.1. The van der Waals surface area contributed by atoms with Gasteiger partial charge in [-0.25, -0.2) is 9.37 Å². The van der Waals surface area contributed by atoms with E-state index in [0.717, 1.165) is 11.1 Å². The largest absolute Gasteiger partial charge is 0.384 e. The smallest absolute Gasteiger partial charge is 0.140 e. The summed E-state index contributed by atoms with van der Waals surface area (Å²) < 4.78 is 13.1. The van der Waals surface area contributed by atoms with E-state index in [1.165, 1.54) is 12.1 Å². The van der Waals surface area contributed by atoms with E-state index >= 15 is 0 Å². The minimum absolute atomic E-state index is 0.0212. The maximum atomic E-state index is 13.1. The lowest BCUT2D eigenvalue weighted by Crippen LogP contribution is -1.90. The fourth-order valence-corrected chi connectivity index (χ4v) is 1.42. The Morgan fingerprint density at radius 1 is 1.19 bits per heavy atom. The van der Waals surface area contributed by atoms with Gasteiger partial charge < -0.3 is 5.73 Å². The normalized spacial score (nSPS) is 9.75. The van der Waals surface area contributed by atoms with E-state index in [9.17, 15) is 4.39 Å². The number of pyridine rings is 1. The summed E-state index contributed by atoms with van der Waals surface area (Å²) in [6.07, 6.45) is 1.57. The predicted octanol–water partition coefficient (Wildman–Crippen LogP) is 2.34. The SMILES string of the molecule is N#Cc1cc(-c2ccnc(N)c2)ccc1F. The Hall–Kier alpha value is -2.41. The van der Waals surface area contributed by atoms with E-state index in [1.54, 1.807) is 30.5 Å². The van der Waals surface area contributed by atoms with Crippen LogP contribution in [0.25, 0.3) is 11.1 Å². The van der Waals surface area contributed by atoms with E-state index in [0.29, 0.717) is 5.82 Å². The molecule has 0 bridgehead atoms. The molecule has 3 nitrogen and oxygen atoms in total. The van der Waals surface area contributed by atoms with Gasteiger partial charge in [0.2, 0.25) is 0 Å². The summed E-state index contributed by atoms with van der Waals surface area (Å²) in [7, 11) is 0. The van der Waals surface area contributed by atoms with Crippen LogP contribution in [-0.4, -0.2) is 4.98 Å². The van der Waals surface area contributed by atoms with E-state index in [2.05, 4.69) is 4.98 Å². The monoisotopic (exact) mass is 213 g/mol. The van der Waals surface area contributed by atoms with Crippen molar-refractivity contribution in [3.63, 3.8) is 0 Å². The average molecular weight is 213 g/mol. The number of nitrogen functional groups attached to an aromatic ring is 1. The molecule has 0 unspecified atom stereocenters. The predicted molar refractivity (Wildman–Crippen MR) is 58.8 cm³/mol. The lowest BCUT2D eigenvalue weighted by molar-refractivity contribution is 0.624. The van der Waals surface area contributed by atoms with Crippen LogP contribution in [0.3, 0.4) is 0 Å². The zero-order valence-corrected chi connectivity index (χ0v) is 8.31. The molecule has 0 spiro atoms. The molecule has 0 amide bonds. The molecule has 1 aromatic carbocycles. The van der Waals surface area contributed by atoms with Crippen LogP contribution in [0.15, 0.2) is 36.5 Å². The Labute approximate surface area is 92.0 Å². The van der Waals surface area contributed by atoms with Gasteiger partial charge in [-0.15, -0.1) is 0 Å². The molecule has 2 aromatic rings. The van der Waals surface area contributed by atoms with Gasteiger partial charge in [-0.3, -0.25) is 0 Å².